The third kappa shape index (κ3) is 2.77. The molecule has 0 aliphatic rings. The van der Waals surface area contributed by atoms with Gasteiger partial charge in [-0.05, 0) is 30.7 Å². The maximum absolute atomic E-state index is 11.5. The third-order valence-electron chi connectivity index (χ3n) is 2.10. The second-order valence-corrected chi connectivity index (χ2v) is 3.64. The Labute approximate surface area is 93.6 Å². The van der Waals surface area contributed by atoms with Gasteiger partial charge in [-0.1, -0.05) is 30.3 Å². The fraction of sp³-hybridized carbons (Fsp3) is 0.167. The Kier molecular flexibility index (Phi) is 3.81. The average molecular weight is 223 g/mol. The summed E-state index contributed by atoms with van der Waals surface area (Å²) in [6.45, 7) is 4.77. The van der Waals surface area contributed by atoms with Crippen molar-refractivity contribution in [2.75, 3.05) is 0 Å². The minimum atomic E-state index is -0.750. The molecule has 2 nitrogen and oxygen atoms in total. The lowest BCUT2D eigenvalue weighted by atomic mass is 9.91. The van der Waals surface area contributed by atoms with Crippen molar-refractivity contribution in [1.29, 1.82) is 0 Å². The highest BCUT2D eigenvalue weighted by atomic mass is 35.5. The molecule has 1 unspecified atom stereocenters. The quantitative estimate of drug-likeness (QED) is 0.580. The molecule has 0 saturated carbocycles. The molecule has 78 valence electrons. The van der Waals surface area contributed by atoms with E-state index in [0.717, 1.165) is 0 Å². The molecule has 0 fully saturated rings. The number of Topliss-reactive ketones (excluding diaryl/α,β-unsaturated/α-hetero) is 1. The SMILES string of the molecule is C=CC(=O)C(C(C)=O)c1ccc(Cl)cc1. The van der Waals surface area contributed by atoms with Gasteiger partial charge in [-0.15, -0.1) is 0 Å². The predicted octanol–water partition coefficient (Wildman–Crippen LogP) is 2.77. The summed E-state index contributed by atoms with van der Waals surface area (Å²) >= 11 is 5.72. The number of carbonyl (C=O) groups is 2. The molecule has 0 N–H and O–H groups in total. The highest BCUT2D eigenvalue weighted by Crippen LogP contribution is 2.20. The normalized spacial score (nSPS) is 11.9. The lowest BCUT2D eigenvalue weighted by Gasteiger charge is -2.10. The van der Waals surface area contributed by atoms with E-state index in [2.05, 4.69) is 6.58 Å². The standard InChI is InChI=1S/C12H11ClO2/c1-3-11(15)12(8(2)14)9-4-6-10(13)7-5-9/h3-7,12H,1H2,2H3. The summed E-state index contributed by atoms with van der Waals surface area (Å²) in [5, 5.41) is 0.576. The molecule has 0 spiro atoms. The van der Waals surface area contributed by atoms with E-state index in [4.69, 9.17) is 11.6 Å². The van der Waals surface area contributed by atoms with Crippen LogP contribution in [0.2, 0.25) is 5.02 Å². The Morgan fingerprint density at radius 1 is 1.33 bits per heavy atom. The van der Waals surface area contributed by atoms with Crippen LogP contribution >= 0.6 is 11.6 Å². The number of benzene rings is 1. The second kappa shape index (κ2) is 4.89. The molecule has 0 amide bonds. The van der Waals surface area contributed by atoms with Crippen LogP contribution in [0.5, 0.6) is 0 Å². The van der Waals surface area contributed by atoms with Crippen LogP contribution in [-0.4, -0.2) is 11.6 Å². The van der Waals surface area contributed by atoms with Crippen LogP contribution in [0.4, 0.5) is 0 Å². The Morgan fingerprint density at radius 2 is 1.87 bits per heavy atom. The molecule has 1 aromatic carbocycles. The molecule has 0 aliphatic heterocycles. The molecule has 1 aromatic rings. The summed E-state index contributed by atoms with van der Waals surface area (Å²) in [4.78, 5) is 22.8. The summed E-state index contributed by atoms with van der Waals surface area (Å²) in [6.07, 6.45) is 1.17. The summed E-state index contributed by atoms with van der Waals surface area (Å²) in [7, 11) is 0. The molecule has 0 aromatic heterocycles. The first-order valence-electron chi connectivity index (χ1n) is 4.48. The van der Waals surface area contributed by atoms with Crippen LogP contribution in [-0.2, 0) is 9.59 Å². The summed E-state index contributed by atoms with van der Waals surface area (Å²) < 4.78 is 0. The first kappa shape index (κ1) is 11.7. The fourth-order valence-corrected chi connectivity index (χ4v) is 1.50. The molecule has 0 saturated heterocycles. The largest absolute Gasteiger partial charge is 0.299 e. The van der Waals surface area contributed by atoms with Crippen molar-refractivity contribution in [2.45, 2.75) is 12.8 Å². The van der Waals surface area contributed by atoms with Crippen molar-refractivity contribution in [3.05, 3.63) is 47.5 Å². The number of halogens is 1. The van der Waals surface area contributed by atoms with E-state index in [1.165, 1.54) is 13.0 Å². The molecule has 1 atom stereocenters. The molecule has 0 bridgehead atoms. The monoisotopic (exact) mass is 222 g/mol. The van der Waals surface area contributed by atoms with Crippen LogP contribution in [0, 0.1) is 0 Å². The Morgan fingerprint density at radius 3 is 2.27 bits per heavy atom. The lowest BCUT2D eigenvalue weighted by Crippen LogP contribution is -2.17. The number of rotatable bonds is 4. The number of ketones is 2. The lowest BCUT2D eigenvalue weighted by molar-refractivity contribution is -0.125. The molecule has 0 aliphatic carbocycles. The molecule has 0 radical (unpaired) electrons. The Bertz CT molecular complexity index is 393. The maximum Gasteiger partial charge on any atom is 0.169 e. The smallest absolute Gasteiger partial charge is 0.169 e. The number of carbonyl (C=O) groups excluding carboxylic acids is 2. The molecule has 3 heteroatoms. The van der Waals surface area contributed by atoms with E-state index in [9.17, 15) is 9.59 Å². The van der Waals surface area contributed by atoms with E-state index >= 15 is 0 Å². The van der Waals surface area contributed by atoms with E-state index in [-0.39, 0.29) is 11.6 Å². The van der Waals surface area contributed by atoms with Crippen LogP contribution in [0.15, 0.2) is 36.9 Å². The highest BCUT2D eigenvalue weighted by molar-refractivity contribution is 6.30. The van der Waals surface area contributed by atoms with E-state index in [1.54, 1.807) is 24.3 Å². The van der Waals surface area contributed by atoms with Gasteiger partial charge in [0.1, 0.15) is 11.7 Å². The van der Waals surface area contributed by atoms with Gasteiger partial charge < -0.3 is 0 Å². The summed E-state index contributed by atoms with van der Waals surface area (Å²) in [5.41, 5.74) is 0.650. The molecular formula is C12H11ClO2. The number of hydrogen-bond donors (Lipinski definition) is 0. The Balaban J connectivity index is 3.10. The van der Waals surface area contributed by atoms with Crippen molar-refractivity contribution >= 4 is 23.2 Å². The Hall–Kier alpha value is -1.41. The zero-order valence-corrected chi connectivity index (χ0v) is 9.12. The van der Waals surface area contributed by atoms with Crippen LogP contribution in [0.1, 0.15) is 18.4 Å². The van der Waals surface area contributed by atoms with Gasteiger partial charge in [0.05, 0.1) is 0 Å². The van der Waals surface area contributed by atoms with E-state index < -0.39 is 5.92 Å². The molecule has 1 rings (SSSR count). The van der Waals surface area contributed by atoms with Crippen molar-refractivity contribution in [3.63, 3.8) is 0 Å². The van der Waals surface area contributed by atoms with Crippen LogP contribution in [0.3, 0.4) is 0 Å². The number of allylic oxidation sites excluding steroid dienone is 1. The number of hydrogen-bond acceptors (Lipinski definition) is 2. The summed E-state index contributed by atoms with van der Waals surface area (Å²) in [5.74, 6) is -1.23. The van der Waals surface area contributed by atoms with Gasteiger partial charge in [0.15, 0.2) is 5.78 Å². The van der Waals surface area contributed by atoms with Crippen molar-refractivity contribution in [1.82, 2.24) is 0 Å². The van der Waals surface area contributed by atoms with E-state index in [1.807, 2.05) is 0 Å². The van der Waals surface area contributed by atoms with Crippen molar-refractivity contribution < 1.29 is 9.59 Å². The highest BCUT2D eigenvalue weighted by Gasteiger charge is 2.22. The average Bonchev–Trinajstić information content (AvgIpc) is 2.20. The minimum absolute atomic E-state index is 0.192. The van der Waals surface area contributed by atoms with E-state index in [0.29, 0.717) is 10.6 Å². The second-order valence-electron chi connectivity index (χ2n) is 3.20. The summed E-state index contributed by atoms with van der Waals surface area (Å²) in [6, 6.07) is 6.66. The van der Waals surface area contributed by atoms with Gasteiger partial charge in [0.25, 0.3) is 0 Å². The van der Waals surface area contributed by atoms with Gasteiger partial charge in [-0.2, -0.15) is 0 Å². The van der Waals surface area contributed by atoms with Crippen molar-refractivity contribution in [3.8, 4) is 0 Å². The van der Waals surface area contributed by atoms with Gasteiger partial charge in [0, 0.05) is 5.02 Å². The van der Waals surface area contributed by atoms with Gasteiger partial charge >= 0.3 is 0 Å². The fourth-order valence-electron chi connectivity index (χ4n) is 1.37. The topological polar surface area (TPSA) is 34.1 Å². The third-order valence-corrected chi connectivity index (χ3v) is 2.35. The zero-order valence-electron chi connectivity index (χ0n) is 8.37. The molecule has 15 heavy (non-hydrogen) atoms. The predicted molar refractivity (Wildman–Crippen MR) is 60.1 cm³/mol. The van der Waals surface area contributed by atoms with Gasteiger partial charge in [-0.25, -0.2) is 0 Å². The van der Waals surface area contributed by atoms with Gasteiger partial charge in [-0.3, -0.25) is 9.59 Å². The molecule has 0 heterocycles. The first-order valence-corrected chi connectivity index (χ1v) is 4.86. The van der Waals surface area contributed by atoms with Crippen LogP contribution < -0.4 is 0 Å². The first-order chi connectivity index (χ1) is 7.06. The molecular weight excluding hydrogens is 212 g/mol. The van der Waals surface area contributed by atoms with Crippen LogP contribution in [0.25, 0.3) is 0 Å². The minimum Gasteiger partial charge on any atom is -0.299 e. The van der Waals surface area contributed by atoms with Gasteiger partial charge in [0.2, 0.25) is 0 Å². The maximum atomic E-state index is 11.5. The zero-order chi connectivity index (χ0) is 11.4. The van der Waals surface area contributed by atoms with Crippen molar-refractivity contribution in [2.24, 2.45) is 0 Å².